The Morgan fingerprint density at radius 2 is 1.59 bits per heavy atom. The number of ether oxygens (including phenoxy) is 1. The van der Waals surface area contributed by atoms with Crippen molar-refractivity contribution >= 4 is 22.7 Å². The number of carbonyl (C=O) groups excluding carboxylic acids is 2. The fourth-order valence-corrected chi connectivity index (χ4v) is 3.18. The first kappa shape index (κ1) is 18.5. The second-order valence-electron chi connectivity index (χ2n) is 6.51. The van der Waals surface area contributed by atoms with Gasteiger partial charge in [0, 0.05) is 17.1 Å². The molecule has 0 fully saturated rings. The van der Waals surface area contributed by atoms with E-state index in [9.17, 15) is 9.59 Å². The summed E-state index contributed by atoms with van der Waals surface area (Å²) in [5.41, 5.74) is 4.66. The maximum Gasteiger partial charge on any atom is 0.267 e. The van der Waals surface area contributed by atoms with Crippen LogP contribution in [0.3, 0.4) is 0 Å². The highest BCUT2D eigenvalue weighted by atomic mass is 16.5. The van der Waals surface area contributed by atoms with Gasteiger partial charge in [-0.1, -0.05) is 48.5 Å². The van der Waals surface area contributed by atoms with E-state index in [1.54, 1.807) is 36.4 Å². The zero-order valence-corrected chi connectivity index (χ0v) is 15.5. The maximum absolute atomic E-state index is 13.0. The minimum atomic E-state index is -0.447. The highest BCUT2D eigenvalue weighted by Crippen LogP contribution is 2.23. The Bertz CT molecular complexity index is 1170. The van der Waals surface area contributed by atoms with Crippen molar-refractivity contribution in [3.63, 3.8) is 0 Å². The van der Waals surface area contributed by atoms with Gasteiger partial charge in [0.2, 0.25) is 0 Å². The normalized spacial score (nSPS) is 10.7. The average molecular weight is 385 g/mol. The number of nitrogen functional groups attached to an aromatic ring is 1. The number of hydrazine groups is 1. The fraction of sp³-hybridized carbons (Fsp3) is 0.0435. The van der Waals surface area contributed by atoms with Crippen molar-refractivity contribution in [2.24, 2.45) is 5.84 Å². The van der Waals surface area contributed by atoms with E-state index < -0.39 is 5.91 Å². The second kappa shape index (κ2) is 8.00. The zero-order valence-electron chi connectivity index (χ0n) is 15.5. The smallest absolute Gasteiger partial charge is 0.267 e. The Morgan fingerprint density at radius 1 is 0.897 bits per heavy atom. The summed E-state index contributed by atoms with van der Waals surface area (Å²) in [6.07, 6.45) is 1.51. The van der Waals surface area contributed by atoms with Crippen molar-refractivity contribution in [3.8, 4) is 5.75 Å². The molecule has 6 nitrogen and oxygen atoms in total. The lowest BCUT2D eigenvalue weighted by molar-refractivity contribution is 0.0955. The molecule has 0 saturated heterocycles. The molecule has 4 aromatic rings. The number of hydrogen-bond acceptors (Lipinski definition) is 4. The van der Waals surface area contributed by atoms with Gasteiger partial charge in [-0.25, -0.2) is 5.84 Å². The van der Waals surface area contributed by atoms with Gasteiger partial charge < -0.3 is 4.74 Å². The van der Waals surface area contributed by atoms with Crippen LogP contribution >= 0.6 is 0 Å². The van der Waals surface area contributed by atoms with Crippen LogP contribution in [0.4, 0.5) is 0 Å². The van der Waals surface area contributed by atoms with Gasteiger partial charge >= 0.3 is 0 Å². The molecule has 3 aromatic carbocycles. The summed E-state index contributed by atoms with van der Waals surface area (Å²) in [7, 11) is 0. The number of nitrogens with zero attached hydrogens (tertiary/aromatic N) is 1. The predicted octanol–water partition coefficient (Wildman–Crippen LogP) is 3.51. The number of rotatable bonds is 5. The lowest BCUT2D eigenvalue weighted by Crippen LogP contribution is -2.29. The van der Waals surface area contributed by atoms with Crippen molar-refractivity contribution in [1.82, 2.24) is 9.99 Å². The van der Waals surface area contributed by atoms with Gasteiger partial charge in [-0.3, -0.25) is 19.6 Å². The highest BCUT2D eigenvalue weighted by molar-refractivity contribution is 6.11. The molecule has 144 valence electrons. The minimum Gasteiger partial charge on any atom is -0.489 e. The van der Waals surface area contributed by atoms with Crippen LogP contribution < -0.4 is 16.0 Å². The van der Waals surface area contributed by atoms with Crippen molar-refractivity contribution < 1.29 is 14.3 Å². The molecule has 1 heterocycles. The first-order valence-corrected chi connectivity index (χ1v) is 9.10. The highest BCUT2D eigenvalue weighted by Gasteiger charge is 2.18. The van der Waals surface area contributed by atoms with Gasteiger partial charge in [-0.2, -0.15) is 0 Å². The Balaban J connectivity index is 1.58. The summed E-state index contributed by atoms with van der Waals surface area (Å²) in [5, 5.41) is 0.659. The molecule has 0 aliphatic heterocycles. The summed E-state index contributed by atoms with van der Waals surface area (Å²) in [5.74, 6) is 5.25. The fourth-order valence-electron chi connectivity index (χ4n) is 3.18. The Hall–Kier alpha value is -3.90. The molecule has 0 aliphatic carbocycles. The SMILES string of the molecule is NNC(=O)c1cn(C(=O)c2ccc(OCc3ccccc3)cc2)c2ccccc12. The maximum atomic E-state index is 13.0. The standard InChI is InChI=1S/C23H19N3O3/c24-25-22(27)20-14-26(21-9-5-4-8-19(20)21)23(28)17-10-12-18(13-11-17)29-15-16-6-2-1-3-7-16/h1-14H,15,24H2,(H,25,27). The molecule has 0 saturated carbocycles. The van der Waals surface area contributed by atoms with Gasteiger partial charge in [0.15, 0.2) is 0 Å². The summed E-state index contributed by atoms with van der Waals surface area (Å²) in [6.45, 7) is 0.452. The Morgan fingerprint density at radius 3 is 2.31 bits per heavy atom. The van der Waals surface area contributed by atoms with Crippen LogP contribution in [0.15, 0.2) is 85.1 Å². The van der Waals surface area contributed by atoms with Crippen LogP contribution in [0.5, 0.6) is 5.75 Å². The Kier molecular flexibility index (Phi) is 5.09. The molecular weight excluding hydrogens is 366 g/mol. The van der Waals surface area contributed by atoms with E-state index in [1.165, 1.54) is 10.8 Å². The van der Waals surface area contributed by atoms with Crippen LogP contribution in [0.25, 0.3) is 10.9 Å². The number of hydrogen-bond donors (Lipinski definition) is 2. The molecule has 0 aliphatic rings. The van der Waals surface area contributed by atoms with E-state index in [2.05, 4.69) is 5.43 Å². The topological polar surface area (TPSA) is 86.4 Å². The van der Waals surface area contributed by atoms with E-state index >= 15 is 0 Å². The number of nitrogens with two attached hydrogens (primary N) is 1. The molecule has 0 spiro atoms. The molecular formula is C23H19N3O3. The minimum absolute atomic E-state index is 0.244. The summed E-state index contributed by atoms with van der Waals surface area (Å²) < 4.78 is 7.23. The molecule has 0 atom stereocenters. The van der Waals surface area contributed by atoms with Crippen LogP contribution in [0.2, 0.25) is 0 Å². The number of para-hydroxylation sites is 1. The van der Waals surface area contributed by atoms with Gasteiger partial charge in [-0.05, 0) is 35.9 Å². The molecule has 4 rings (SSSR count). The molecule has 0 bridgehead atoms. The lowest BCUT2D eigenvalue weighted by Gasteiger charge is -2.08. The Labute approximate surface area is 167 Å². The summed E-state index contributed by atoms with van der Waals surface area (Å²) in [6, 6.07) is 24.0. The van der Waals surface area contributed by atoms with Gasteiger partial charge in [-0.15, -0.1) is 0 Å². The van der Waals surface area contributed by atoms with Gasteiger partial charge in [0.05, 0.1) is 11.1 Å². The molecule has 6 heteroatoms. The molecule has 29 heavy (non-hydrogen) atoms. The summed E-state index contributed by atoms with van der Waals surface area (Å²) >= 11 is 0. The van der Waals surface area contributed by atoms with E-state index in [1.807, 2.05) is 42.5 Å². The largest absolute Gasteiger partial charge is 0.489 e. The third-order valence-electron chi connectivity index (χ3n) is 4.66. The second-order valence-corrected chi connectivity index (χ2v) is 6.51. The number of benzene rings is 3. The van der Waals surface area contributed by atoms with E-state index in [4.69, 9.17) is 10.6 Å². The number of fused-ring (bicyclic) bond motifs is 1. The number of aromatic nitrogens is 1. The van der Waals surface area contributed by atoms with Crippen LogP contribution in [-0.2, 0) is 6.61 Å². The van der Waals surface area contributed by atoms with Crippen LogP contribution in [0.1, 0.15) is 26.3 Å². The van der Waals surface area contributed by atoms with Crippen LogP contribution in [-0.4, -0.2) is 16.4 Å². The van der Waals surface area contributed by atoms with Crippen molar-refractivity contribution in [2.45, 2.75) is 6.61 Å². The third-order valence-corrected chi connectivity index (χ3v) is 4.66. The monoisotopic (exact) mass is 385 g/mol. The van der Waals surface area contributed by atoms with Crippen LogP contribution in [0, 0.1) is 0 Å². The number of carbonyl (C=O) groups is 2. The number of amides is 1. The quantitative estimate of drug-likeness (QED) is 0.313. The molecule has 1 amide bonds. The van der Waals surface area contributed by atoms with E-state index in [-0.39, 0.29) is 5.91 Å². The molecule has 3 N–H and O–H groups in total. The first-order chi connectivity index (χ1) is 14.2. The molecule has 0 radical (unpaired) electrons. The predicted molar refractivity (Wildman–Crippen MR) is 111 cm³/mol. The van der Waals surface area contributed by atoms with Gasteiger partial charge in [0.1, 0.15) is 12.4 Å². The third kappa shape index (κ3) is 3.74. The van der Waals surface area contributed by atoms with E-state index in [0.29, 0.717) is 34.4 Å². The van der Waals surface area contributed by atoms with Crippen molar-refractivity contribution in [1.29, 1.82) is 0 Å². The van der Waals surface area contributed by atoms with Crippen molar-refractivity contribution in [2.75, 3.05) is 0 Å². The number of nitrogens with one attached hydrogen (secondary N) is 1. The van der Waals surface area contributed by atoms with Gasteiger partial charge in [0.25, 0.3) is 11.8 Å². The molecule has 0 unspecified atom stereocenters. The molecule has 1 aromatic heterocycles. The van der Waals surface area contributed by atoms with Crippen molar-refractivity contribution in [3.05, 3.63) is 102 Å². The lowest BCUT2D eigenvalue weighted by atomic mass is 10.1. The first-order valence-electron chi connectivity index (χ1n) is 9.10. The average Bonchev–Trinajstić information content (AvgIpc) is 3.17. The summed E-state index contributed by atoms with van der Waals surface area (Å²) in [4.78, 5) is 25.1. The van der Waals surface area contributed by atoms with E-state index in [0.717, 1.165) is 5.56 Å². The zero-order chi connectivity index (χ0) is 20.2.